The van der Waals surface area contributed by atoms with E-state index in [-0.39, 0.29) is 11.9 Å². The van der Waals surface area contributed by atoms with Crippen molar-refractivity contribution in [1.82, 2.24) is 20.1 Å². The van der Waals surface area contributed by atoms with Crippen LogP contribution in [0.15, 0.2) is 36.8 Å². The number of amides is 1. The Bertz CT molecular complexity index is 634. The lowest BCUT2D eigenvalue weighted by Gasteiger charge is -2.30. The van der Waals surface area contributed by atoms with Gasteiger partial charge in [0.1, 0.15) is 5.69 Å². The molecule has 6 nitrogen and oxygen atoms in total. The van der Waals surface area contributed by atoms with Gasteiger partial charge in [0.15, 0.2) is 0 Å². The van der Waals surface area contributed by atoms with E-state index in [9.17, 15) is 4.79 Å². The molecule has 1 aliphatic rings. The number of nitrogens with two attached hydrogens (primary N) is 1. The normalized spacial score (nSPS) is 16.9. The van der Waals surface area contributed by atoms with Crippen LogP contribution in [0.25, 0.3) is 5.69 Å². The van der Waals surface area contributed by atoms with E-state index in [1.807, 2.05) is 18.3 Å². The fourth-order valence-corrected chi connectivity index (χ4v) is 3.26. The monoisotopic (exact) mass is 313 g/mol. The van der Waals surface area contributed by atoms with Crippen LogP contribution in [0.1, 0.15) is 42.6 Å². The van der Waals surface area contributed by atoms with Crippen LogP contribution in [0.4, 0.5) is 0 Å². The summed E-state index contributed by atoms with van der Waals surface area (Å²) >= 11 is 0. The lowest BCUT2D eigenvalue weighted by Crippen LogP contribution is -2.46. The van der Waals surface area contributed by atoms with Gasteiger partial charge in [-0.1, -0.05) is 19.3 Å². The lowest BCUT2D eigenvalue weighted by atomic mass is 9.84. The van der Waals surface area contributed by atoms with Crippen LogP contribution in [0.2, 0.25) is 0 Å². The van der Waals surface area contributed by atoms with Gasteiger partial charge in [0, 0.05) is 31.2 Å². The Balaban J connectivity index is 1.71. The van der Waals surface area contributed by atoms with E-state index in [2.05, 4.69) is 15.4 Å². The van der Waals surface area contributed by atoms with E-state index >= 15 is 0 Å². The maximum absolute atomic E-state index is 12.5. The topological polar surface area (TPSA) is 85.8 Å². The first-order valence-electron chi connectivity index (χ1n) is 8.25. The number of hydrogen-bond acceptors (Lipinski definition) is 4. The van der Waals surface area contributed by atoms with E-state index in [0.717, 1.165) is 18.5 Å². The number of rotatable bonds is 5. The van der Waals surface area contributed by atoms with E-state index in [0.29, 0.717) is 18.2 Å². The van der Waals surface area contributed by atoms with E-state index in [4.69, 9.17) is 5.73 Å². The Morgan fingerprint density at radius 1 is 1.35 bits per heavy atom. The predicted molar refractivity (Wildman–Crippen MR) is 88.2 cm³/mol. The number of pyridine rings is 1. The van der Waals surface area contributed by atoms with Crippen LogP contribution in [0.3, 0.4) is 0 Å². The molecule has 1 unspecified atom stereocenters. The highest BCUT2D eigenvalue weighted by Gasteiger charge is 2.24. The highest BCUT2D eigenvalue weighted by molar-refractivity contribution is 5.93. The fraction of sp³-hybridized carbons (Fsp3) is 0.471. The molecule has 0 saturated heterocycles. The number of carbonyl (C=O) groups is 1. The number of nitrogens with zero attached hydrogens (tertiary/aromatic N) is 3. The molecule has 0 bridgehead atoms. The van der Waals surface area contributed by atoms with Crippen LogP contribution in [0.5, 0.6) is 0 Å². The zero-order valence-corrected chi connectivity index (χ0v) is 13.2. The lowest BCUT2D eigenvalue weighted by molar-refractivity contribution is 0.0910. The Morgan fingerprint density at radius 2 is 2.17 bits per heavy atom. The number of carbonyl (C=O) groups excluding carboxylic acids is 1. The van der Waals surface area contributed by atoms with Crippen molar-refractivity contribution in [2.45, 2.75) is 38.1 Å². The molecule has 1 amide bonds. The molecule has 3 rings (SSSR count). The van der Waals surface area contributed by atoms with Crippen molar-refractivity contribution in [3.05, 3.63) is 42.5 Å². The van der Waals surface area contributed by atoms with Gasteiger partial charge in [0.25, 0.3) is 5.91 Å². The zero-order chi connectivity index (χ0) is 16.1. The Morgan fingerprint density at radius 3 is 2.87 bits per heavy atom. The molecule has 0 aliphatic heterocycles. The fourth-order valence-electron chi connectivity index (χ4n) is 3.26. The van der Waals surface area contributed by atoms with Crippen LogP contribution < -0.4 is 11.1 Å². The first kappa shape index (κ1) is 15.7. The van der Waals surface area contributed by atoms with Gasteiger partial charge in [-0.3, -0.25) is 9.78 Å². The largest absolute Gasteiger partial charge is 0.346 e. The minimum absolute atomic E-state index is 0.0259. The Labute approximate surface area is 136 Å². The Kier molecular flexibility index (Phi) is 5.02. The molecule has 1 atom stereocenters. The zero-order valence-electron chi connectivity index (χ0n) is 13.2. The first-order valence-corrected chi connectivity index (χ1v) is 8.25. The van der Waals surface area contributed by atoms with Crippen LogP contribution in [-0.4, -0.2) is 33.3 Å². The van der Waals surface area contributed by atoms with E-state index in [1.165, 1.54) is 19.3 Å². The average molecular weight is 313 g/mol. The minimum atomic E-state index is -0.167. The summed E-state index contributed by atoms with van der Waals surface area (Å²) in [5, 5.41) is 7.24. The van der Waals surface area contributed by atoms with E-state index < -0.39 is 0 Å². The highest BCUT2D eigenvalue weighted by atomic mass is 16.1. The third-order valence-corrected chi connectivity index (χ3v) is 4.53. The van der Waals surface area contributed by atoms with Gasteiger partial charge in [0.05, 0.1) is 5.69 Å². The summed E-state index contributed by atoms with van der Waals surface area (Å²) in [6, 6.07) is 5.44. The molecule has 3 N–H and O–H groups in total. The predicted octanol–water partition coefficient (Wildman–Crippen LogP) is 1.90. The number of hydrogen-bond donors (Lipinski definition) is 2. The summed E-state index contributed by atoms with van der Waals surface area (Å²) in [5.41, 5.74) is 7.10. The summed E-state index contributed by atoms with van der Waals surface area (Å²) in [6.07, 6.45) is 11.2. The second-order valence-electron chi connectivity index (χ2n) is 6.06. The number of nitrogens with one attached hydrogen (secondary N) is 1. The SMILES string of the molecule is NCC(NC(=O)c1cc(-n2cccn2)ccn1)C1CCCCC1. The first-order chi connectivity index (χ1) is 11.3. The van der Waals surface area contributed by atoms with Crippen molar-refractivity contribution in [2.75, 3.05) is 6.54 Å². The van der Waals surface area contributed by atoms with Gasteiger partial charge in [-0.2, -0.15) is 5.10 Å². The second kappa shape index (κ2) is 7.37. The van der Waals surface area contributed by atoms with Gasteiger partial charge in [-0.15, -0.1) is 0 Å². The van der Waals surface area contributed by atoms with Crippen molar-refractivity contribution in [1.29, 1.82) is 0 Å². The third-order valence-electron chi connectivity index (χ3n) is 4.53. The molecule has 6 heteroatoms. The molecule has 1 aliphatic carbocycles. The van der Waals surface area contributed by atoms with Crippen LogP contribution >= 0.6 is 0 Å². The van der Waals surface area contributed by atoms with Gasteiger partial charge in [-0.05, 0) is 37.0 Å². The maximum Gasteiger partial charge on any atom is 0.270 e. The third kappa shape index (κ3) is 3.76. The Hall–Kier alpha value is -2.21. The van der Waals surface area contributed by atoms with Crippen LogP contribution in [0, 0.1) is 5.92 Å². The standard InChI is InChI=1S/C17H23N5O/c18-12-16(13-5-2-1-3-6-13)21-17(23)15-11-14(7-9-19-15)22-10-4-8-20-22/h4,7-11,13,16H,1-3,5-6,12,18H2,(H,21,23). The number of aromatic nitrogens is 3. The summed E-state index contributed by atoms with van der Waals surface area (Å²) < 4.78 is 1.71. The smallest absolute Gasteiger partial charge is 0.270 e. The summed E-state index contributed by atoms with van der Waals surface area (Å²) in [5.74, 6) is 0.312. The molecule has 1 saturated carbocycles. The van der Waals surface area contributed by atoms with Gasteiger partial charge in [-0.25, -0.2) is 4.68 Å². The molecule has 2 heterocycles. The van der Waals surface area contributed by atoms with Crippen molar-refractivity contribution < 1.29 is 4.79 Å². The molecule has 0 spiro atoms. The van der Waals surface area contributed by atoms with Crippen molar-refractivity contribution in [3.63, 3.8) is 0 Å². The molecular formula is C17H23N5O. The van der Waals surface area contributed by atoms with Crippen molar-refractivity contribution in [2.24, 2.45) is 11.7 Å². The highest BCUT2D eigenvalue weighted by Crippen LogP contribution is 2.26. The summed E-state index contributed by atoms with van der Waals surface area (Å²) in [4.78, 5) is 16.7. The molecule has 0 radical (unpaired) electrons. The van der Waals surface area contributed by atoms with Gasteiger partial charge < -0.3 is 11.1 Å². The molecule has 0 aromatic carbocycles. The van der Waals surface area contributed by atoms with E-state index in [1.54, 1.807) is 23.1 Å². The quantitative estimate of drug-likeness (QED) is 0.883. The van der Waals surface area contributed by atoms with Crippen LogP contribution in [-0.2, 0) is 0 Å². The van der Waals surface area contributed by atoms with Crippen molar-refractivity contribution in [3.8, 4) is 5.69 Å². The molecule has 122 valence electrons. The van der Waals surface area contributed by atoms with Gasteiger partial charge >= 0.3 is 0 Å². The minimum Gasteiger partial charge on any atom is -0.346 e. The van der Waals surface area contributed by atoms with Gasteiger partial charge in [0.2, 0.25) is 0 Å². The second-order valence-corrected chi connectivity index (χ2v) is 6.06. The van der Waals surface area contributed by atoms with Crippen molar-refractivity contribution >= 4 is 5.91 Å². The molecule has 2 aromatic heterocycles. The summed E-state index contributed by atoms with van der Waals surface area (Å²) in [6.45, 7) is 0.468. The molecular weight excluding hydrogens is 290 g/mol. The average Bonchev–Trinajstić information content (AvgIpc) is 3.15. The molecule has 23 heavy (non-hydrogen) atoms. The molecule has 1 fully saturated rings. The summed E-state index contributed by atoms with van der Waals surface area (Å²) in [7, 11) is 0. The maximum atomic E-state index is 12.5. The molecule has 2 aromatic rings.